The van der Waals surface area contributed by atoms with Gasteiger partial charge in [0.2, 0.25) is 16.7 Å². The van der Waals surface area contributed by atoms with Gasteiger partial charge in [-0.2, -0.15) is 14.6 Å². The highest BCUT2D eigenvalue weighted by molar-refractivity contribution is 8.00. The van der Waals surface area contributed by atoms with Gasteiger partial charge in [0.25, 0.3) is 11.8 Å². The highest BCUT2D eigenvalue weighted by atomic mass is 32.2. The van der Waals surface area contributed by atoms with Crippen molar-refractivity contribution in [3.05, 3.63) is 59.3 Å². The minimum Gasteiger partial charge on any atom is -0.543 e. The first-order valence-corrected chi connectivity index (χ1v) is 15.7. The third kappa shape index (κ3) is 6.22. The number of carbonyl (C=O) groups is 3. The lowest BCUT2D eigenvalue weighted by atomic mass is 10.0. The molecule has 19 heteroatoms. The van der Waals surface area contributed by atoms with Gasteiger partial charge in [-0.3, -0.25) is 14.5 Å². The number of hydrogen-bond donors (Lipinski definition) is 3. The minimum atomic E-state index is -1.46. The van der Waals surface area contributed by atoms with Crippen LogP contribution in [0.5, 0.6) is 0 Å². The van der Waals surface area contributed by atoms with Gasteiger partial charge in [0.15, 0.2) is 24.1 Å². The number of tetrazole rings is 1. The predicted molar refractivity (Wildman–Crippen MR) is 152 cm³/mol. The molecule has 2 unspecified atom stereocenters. The lowest BCUT2D eigenvalue weighted by Crippen LogP contribution is -2.71. The van der Waals surface area contributed by atoms with E-state index in [1.165, 1.54) is 23.5 Å². The van der Waals surface area contributed by atoms with Crippen LogP contribution in [0.15, 0.2) is 58.3 Å². The molecule has 0 bridgehead atoms. The Bertz CT molecular complexity index is 1620. The molecule has 1 fully saturated rings. The molecule has 0 aromatic carbocycles. The fraction of sp³-hybridized carbons (Fsp3) is 0.333. The number of thioether (sulfide) groups is 2. The Morgan fingerprint density at radius 1 is 1.35 bits per heavy atom. The highest BCUT2D eigenvalue weighted by Crippen LogP contribution is 2.40. The summed E-state index contributed by atoms with van der Waals surface area (Å²) in [6, 6.07) is 2.81. The molecular formula is C24H23N11O5S3. The quantitative estimate of drug-likeness (QED) is 0.0557. The summed E-state index contributed by atoms with van der Waals surface area (Å²) in [6.07, 6.45) is 8.68. The molecule has 3 aromatic heterocycles. The summed E-state index contributed by atoms with van der Waals surface area (Å²) in [4.78, 5) is 49.4. The number of anilines is 1. The van der Waals surface area contributed by atoms with E-state index in [1.807, 2.05) is 41.2 Å². The van der Waals surface area contributed by atoms with Gasteiger partial charge < -0.3 is 25.8 Å². The Hall–Kier alpha value is -4.36. The van der Waals surface area contributed by atoms with Gasteiger partial charge in [-0.1, -0.05) is 23.0 Å². The average molecular weight is 642 g/mol. The second-order valence-electron chi connectivity index (χ2n) is 9.51. The standard InChI is InChI=1S/C24H23N11O5S3/c25-23-27-18(31-43-23)15(30-40-14-3-1-2-4-14)19(36)26-16-20(37)35-17(22(38)39)13(11-41-21(16)35)9-34-7-5-12(6-8-34)10-42-24-28-32-33-29-24/h1,3,5-8,14,16,21H,2,4,9-11H2,(H4-,25,26,27,28,29,31,32,33,36,38,39)/t14?,16?,21-/m1/s1. The number of H-pyrrole nitrogens is 1. The Morgan fingerprint density at radius 2 is 2.19 bits per heavy atom. The lowest BCUT2D eigenvalue weighted by molar-refractivity contribution is -0.689. The molecule has 4 N–H and O–H groups in total. The van der Waals surface area contributed by atoms with Crippen LogP contribution in [0.4, 0.5) is 5.13 Å². The fourth-order valence-corrected chi connectivity index (χ4v) is 7.06. The number of β-lactam (4-membered cyclic amide) rings is 1. The number of oxime groups is 1. The smallest absolute Gasteiger partial charge is 0.278 e. The number of aromatic nitrogens is 7. The molecule has 222 valence electrons. The van der Waals surface area contributed by atoms with E-state index in [9.17, 15) is 19.5 Å². The van der Waals surface area contributed by atoms with Crippen LogP contribution in [0.1, 0.15) is 24.2 Å². The molecule has 3 aromatic rings. The van der Waals surface area contributed by atoms with Crippen LogP contribution in [-0.4, -0.2) is 81.6 Å². The fourth-order valence-electron chi connectivity index (χ4n) is 4.60. The Labute approximate surface area is 256 Å². The molecule has 0 saturated carbocycles. The average Bonchev–Trinajstić information content (AvgIpc) is 3.80. The number of carbonyl (C=O) groups excluding carboxylic acids is 3. The number of nitrogens with zero attached hydrogens (tertiary/aromatic N) is 8. The van der Waals surface area contributed by atoms with Crippen molar-refractivity contribution in [3.8, 4) is 0 Å². The van der Waals surface area contributed by atoms with E-state index in [1.54, 1.807) is 0 Å². The molecule has 1 aliphatic carbocycles. The first-order valence-electron chi connectivity index (χ1n) is 12.9. The molecule has 43 heavy (non-hydrogen) atoms. The van der Waals surface area contributed by atoms with Gasteiger partial charge in [-0.25, -0.2) is 4.57 Å². The van der Waals surface area contributed by atoms with Crippen molar-refractivity contribution >= 4 is 63.7 Å². The molecular weight excluding hydrogens is 619 g/mol. The maximum absolute atomic E-state index is 13.2. The maximum atomic E-state index is 13.2. The summed E-state index contributed by atoms with van der Waals surface area (Å²) in [5.41, 5.74) is 6.80. The van der Waals surface area contributed by atoms with E-state index in [4.69, 9.17) is 10.6 Å². The molecule has 0 radical (unpaired) electrons. The molecule has 0 spiro atoms. The zero-order valence-corrected chi connectivity index (χ0v) is 24.6. The number of pyridine rings is 1. The number of rotatable bonds is 11. The van der Waals surface area contributed by atoms with Gasteiger partial charge in [-0.15, -0.1) is 22.0 Å². The van der Waals surface area contributed by atoms with Gasteiger partial charge in [0, 0.05) is 40.7 Å². The molecule has 3 atom stereocenters. The topological polar surface area (TPSA) is 221 Å². The van der Waals surface area contributed by atoms with Crippen LogP contribution in [0.25, 0.3) is 0 Å². The van der Waals surface area contributed by atoms with E-state index >= 15 is 0 Å². The number of nitrogens with two attached hydrogens (primary N) is 1. The Kier molecular flexibility index (Phi) is 8.34. The van der Waals surface area contributed by atoms with Crippen molar-refractivity contribution in [2.45, 2.75) is 47.8 Å². The number of carboxylic acid groups (broad SMARTS) is 1. The zero-order valence-electron chi connectivity index (χ0n) is 22.2. The maximum Gasteiger partial charge on any atom is 0.278 e. The van der Waals surface area contributed by atoms with Gasteiger partial charge in [0.1, 0.15) is 17.5 Å². The van der Waals surface area contributed by atoms with E-state index in [0.29, 0.717) is 28.7 Å². The number of aromatic amines is 1. The number of nitrogens with one attached hydrogen (secondary N) is 2. The predicted octanol–water partition coefficient (Wildman–Crippen LogP) is -1.24. The van der Waals surface area contributed by atoms with Crippen LogP contribution < -0.4 is 20.7 Å². The Morgan fingerprint density at radius 3 is 2.86 bits per heavy atom. The number of aliphatic carboxylic acids is 1. The van der Waals surface area contributed by atoms with Crippen molar-refractivity contribution in [1.29, 1.82) is 0 Å². The second kappa shape index (κ2) is 12.5. The first kappa shape index (κ1) is 28.7. The van der Waals surface area contributed by atoms with Crippen molar-refractivity contribution in [2.75, 3.05) is 11.5 Å². The Balaban J connectivity index is 1.13. The number of carboxylic acids is 1. The van der Waals surface area contributed by atoms with Crippen LogP contribution in [0.3, 0.4) is 0 Å². The molecule has 2 aliphatic heterocycles. The van der Waals surface area contributed by atoms with Crippen molar-refractivity contribution in [2.24, 2.45) is 5.16 Å². The normalized spacial score (nSPS) is 21.5. The van der Waals surface area contributed by atoms with Crippen molar-refractivity contribution in [3.63, 3.8) is 0 Å². The summed E-state index contributed by atoms with van der Waals surface area (Å²) >= 11 is 3.65. The zero-order chi connectivity index (χ0) is 29.9. The number of nitrogen functional groups attached to an aromatic ring is 1. The molecule has 2 amide bonds. The van der Waals surface area contributed by atoms with Gasteiger partial charge in [-0.05, 0) is 29.7 Å². The van der Waals surface area contributed by atoms with Gasteiger partial charge in [0.05, 0.1) is 11.7 Å². The summed E-state index contributed by atoms with van der Waals surface area (Å²) in [6.45, 7) is 0.239. The first-order chi connectivity index (χ1) is 20.9. The minimum absolute atomic E-state index is 0.0315. The molecule has 6 rings (SSSR count). The third-order valence-corrected chi connectivity index (χ3v) is 9.46. The highest BCUT2D eigenvalue weighted by Gasteiger charge is 2.53. The largest absolute Gasteiger partial charge is 0.543 e. The summed E-state index contributed by atoms with van der Waals surface area (Å²) in [5, 5.41) is 32.6. The molecule has 5 heterocycles. The number of allylic oxidation sites excluding steroid dienone is 1. The van der Waals surface area contributed by atoms with E-state index in [0.717, 1.165) is 28.4 Å². The van der Waals surface area contributed by atoms with Crippen LogP contribution in [-0.2, 0) is 31.5 Å². The SMILES string of the molecule is Nc1nc(C(=NOC2C=CCC2)C(=O)NC2C(=O)N3C(C(=O)[O-])=C(C[n+]4ccc(CSc5nn[nH]n5)cc4)CS[C@H]23)ns1. The lowest BCUT2D eigenvalue weighted by Gasteiger charge is -2.50. The summed E-state index contributed by atoms with van der Waals surface area (Å²) in [7, 11) is 0. The summed E-state index contributed by atoms with van der Waals surface area (Å²) in [5.74, 6) is -1.87. The van der Waals surface area contributed by atoms with Crippen molar-refractivity contribution in [1.82, 2.24) is 40.2 Å². The monoisotopic (exact) mass is 641 g/mol. The van der Waals surface area contributed by atoms with Gasteiger partial charge >= 0.3 is 0 Å². The number of amides is 2. The summed E-state index contributed by atoms with van der Waals surface area (Å²) < 4.78 is 5.87. The molecule has 1 saturated heterocycles. The van der Waals surface area contributed by atoms with E-state index in [-0.39, 0.29) is 35.0 Å². The number of fused-ring (bicyclic) bond motifs is 1. The van der Waals surface area contributed by atoms with E-state index < -0.39 is 29.2 Å². The third-order valence-electron chi connectivity index (χ3n) is 6.67. The van der Waals surface area contributed by atoms with Crippen LogP contribution >= 0.6 is 35.1 Å². The molecule has 16 nitrogen and oxygen atoms in total. The second-order valence-corrected chi connectivity index (χ2v) is 12.3. The number of hydrogen-bond acceptors (Lipinski definition) is 15. The van der Waals surface area contributed by atoms with Crippen LogP contribution in [0.2, 0.25) is 0 Å². The van der Waals surface area contributed by atoms with Crippen LogP contribution in [0, 0.1) is 0 Å². The van der Waals surface area contributed by atoms with E-state index in [2.05, 4.69) is 40.5 Å². The molecule has 3 aliphatic rings. The van der Waals surface area contributed by atoms with Crippen molar-refractivity contribution < 1.29 is 28.9 Å².